The van der Waals surface area contributed by atoms with Crippen molar-refractivity contribution in [2.45, 2.75) is 26.7 Å². The zero-order chi connectivity index (χ0) is 11.0. The highest BCUT2D eigenvalue weighted by molar-refractivity contribution is 5.85. The van der Waals surface area contributed by atoms with Gasteiger partial charge in [-0.25, -0.2) is 0 Å². The van der Waals surface area contributed by atoms with Gasteiger partial charge in [-0.05, 0) is 24.8 Å². The lowest BCUT2D eigenvalue weighted by Gasteiger charge is -2.15. The van der Waals surface area contributed by atoms with Gasteiger partial charge in [-0.3, -0.25) is 4.79 Å². The topological polar surface area (TPSA) is 52.3 Å². The minimum absolute atomic E-state index is 0. The number of hydrogen-bond acceptors (Lipinski definition) is 3. The lowest BCUT2D eigenvalue weighted by Crippen LogP contribution is -2.21. The van der Waals surface area contributed by atoms with Crippen molar-refractivity contribution < 1.29 is 9.53 Å². The molecule has 4 heteroatoms. The van der Waals surface area contributed by atoms with Crippen molar-refractivity contribution in [1.82, 2.24) is 0 Å². The summed E-state index contributed by atoms with van der Waals surface area (Å²) in [4.78, 5) is 11.2. The van der Waals surface area contributed by atoms with E-state index in [0.29, 0.717) is 18.9 Å². The highest BCUT2D eigenvalue weighted by Gasteiger charge is 2.14. The van der Waals surface area contributed by atoms with Crippen LogP contribution in [0.5, 0.6) is 0 Å². The molecule has 2 N–H and O–H groups in total. The first-order chi connectivity index (χ1) is 6.60. The van der Waals surface area contributed by atoms with Crippen LogP contribution in [0, 0.1) is 11.8 Å². The van der Waals surface area contributed by atoms with Gasteiger partial charge in [0, 0.05) is 6.42 Å². The molecule has 0 aromatic heterocycles. The van der Waals surface area contributed by atoms with Gasteiger partial charge in [-0.2, -0.15) is 0 Å². The Kier molecular flexibility index (Phi) is 11.2. The molecule has 15 heavy (non-hydrogen) atoms. The van der Waals surface area contributed by atoms with E-state index in [9.17, 15) is 4.79 Å². The first kappa shape index (κ1) is 16.9. The summed E-state index contributed by atoms with van der Waals surface area (Å²) in [6.45, 7) is 8.56. The van der Waals surface area contributed by atoms with Crippen molar-refractivity contribution in [2.75, 3.05) is 13.2 Å². The van der Waals surface area contributed by atoms with Crippen molar-refractivity contribution in [2.24, 2.45) is 17.6 Å². The molecular weight excluding hydrogens is 214 g/mol. The third-order valence-electron chi connectivity index (χ3n) is 1.96. The van der Waals surface area contributed by atoms with Crippen LogP contribution in [0.15, 0.2) is 12.7 Å². The molecule has 0 aliphatic heterocycles. The minimum atomic E-state index is -0.180. The second kappa shape index (κ2) is 9.99. The van der Waals surface area contributed by atoms with Crippen LogP contribution >= 0.6 is 12.4 Å². The second-order valence-electron chi connectivity index (χ2n) is 3.91. The van der Waals surface area contributed by atoms with Gasteiger partial charge in [0.15, 0.2) is 0 Å². The average Bonchev–Trinajstić information content (AvgIpc) is 2.12. The summed E-state index contributed by atoms with van der Waals surface area (Å²) in [5.41, 5.74) is 5.57. The van der Waals surface area contributed by atoms with E-state index in [1.54, 1.807) is 6.08 Å². The molecule has 0 rings (SSSR count). The van der Waals surface area contributed by atoms with Crippen LogP contribution in [-0.2, 0) is 9.53 Å². The first-order valence-electron chi connectivity index (χ1n) is 5.06. The standard InChI is InChI=1S/C11H21NO2.ClH/c1-4-5-14-11(13)7-10(8-12)6-9(2)3;/h4,9-10H,1,5-8,12H2,2-3H3;1H. The molecule has 0 saturated heterocycles. The van der Waals surface area contributed by atoms with Gasteiger partial charge in [-0.1, -0.05) is 26.5 Å². The van der Waals surface area contributed by atoms with E-state index in [1.807, 2.05) is 0 Å². The molecule has 3 nitrogen and oxygen atoms in total. The van der Waals surface area contributed by atoms with E-state index in [2.05, 4.69) is 20.4 Å². The molecule has 0 amide bonds. The molecule has 90 valence electrons. The summed E-state index contributed by atoms with van der Waals surface area (Å²) >= 11 is 0. The lowest BCUT2D eigenvalue weighted by atomic mass is 9.94. The molecule has 0 aliphatic carbocycles. The molecule has 0 heterocycles. The highest BCUT2D eigenvalue weighted by Crippen LogP contribution is 2.14. The number of rotatable bonds is 7. The Morgan fingerprint density at radius 2 is 2.13 bits per heavy atom. The Balaban J connectivity index is 0. The van der Waals surface area contributed by atoms with Gasteiger partial charge in [0.1, 0.15) is 6.61 Å². The summed E-state index contributed by atoms with van der Waals surface area (Å²) in [6.07, 6.45) is 2.96. The predicted molar refractivity (Wildman–Crippen MR) is 65.0 cm³/mol. The Hall–Kier alpha value is -0.540. The molecule has 1 unspecified atom stereocenters. The highest BCUT2D eigenvalue weighted by atomic mass is 35.5. The van der Waals surface area contributed by atoms with E-state index >= 15 is 0 Å². The molecule has 0 saturated carbocycles. The summed E-state index contributed by atoms with van der Waals surface area (Å²) in [5.74, 6) is 0.629. The summed E-state index contributed by atoms with van der Waals surface area (Å²) < 4.78 is 4.89. The van der Waals surface area contributed by atoms with Crippen molar-refractivity contribution >= 4 is 18.4 Å². The van der Waals surface area contributed by atoms with Crippen molar-refractivity contribution in [3.05, 3.63) is 12.7 Å². The van der Waals surface area contributed by atoms with Gasteiger partial charge in [0.2, 0.25) is 0 Å². The maximum Gasteiger partial charge on any atom is 0.306 e. The quantitative estimate of drug-likeness (QED) is 0.544. The summed E-state index contributed by atoms with van der Waals surface area (Å²) in [6, 6.07) is 0. The normalized spacial score (nSPS) is 11.7. The smallest absolute Gasteiger partial charge is 0.306 e. The van der Waals surface area contributed by atoms with Crippen LogP contribution in [-0.4, -0.2) is 19.1 Å². The number of esters is 1. The lowest BCUT2D eigenvalue weighted by molar-refractivity contribution is -0.143. The maximum absolute atomic E-state index is 11.2. The SMILES string of the molecule is C=CCOC(=O)CC(CN)CC(C)C.Cl. The summed E-state index contributed by atoms with van der Waals surface area (Å²) in [5, 5.41) is 0. The van der Waals surface area contributed by atoms with Gasteiger partial charge in [0.25, 0.3) is 0 Å². The number of hydrogen-bond donors (Lipinski definition) is 1. The van der Waals surface area contributed by atoms with Gasteiger partial charge in [0.05, 0.1) is 0 Å². The number of halogens is 1. The molecule has 0 spiro atoms. The second-order valence-corrected chi connectivity index (χ2v) is 3.91. The molecule has 0 aliphatic rings. The summed E-state index contributed by atoms with van der Waals surface area (Å²) in [7, 11) is 0. The number of carbonyl (C=O) groups excluding carboxylic acids is 1. The van der Waals surface area contributed by atoms with E-state index in [4.69, 9.17) is 10.5 Å². The van der Waals surface area contributed by atoms with E-state index in [-0.39, 0.29) is 30.9 Å². The molecule has 0 bridgehead atoms. The van der Waals surface area contributed by atoms with Crippen LogP contribution in [0.3, 0.4) is 0 Å². The Morgan fingerprint density at radius 1 is 1.53 bits per heavy atom. The molecule has 1 atom stereocenters. The fourth-order valence-electron chi connectivity index (χ4n) is 1.38. The zero-order valence-corrected chi connectivity index (χ0v) is 10.4. The fourth-order valence-corrected chi connectivity index (χ4v) is 1.38. The molecule has 0 radical (unpaired) electrons. The monoisotopic (exact) mass is 235 g/mol. The third-order valence-corrected chi connectivity index (χ3v) is 1.96. The number of ether oxygens (including phenoxy) is 1. The van der Waals surface area contributed by atoms with Crippen LogP contribution in [0.4, 0.5) is 0 Å². The van der Waals surface area contributed by atoms with Crippen molar-refractivity contribution in [3.8, 4) is 0 Å². The molecule has 0 aromatic carbocycles. The van der Waals surface area contributed by atoms with Crippen LogP contribution in [0.2, 0.25) is 0 Å². The molecular formula is C11H22ClNO2. The van der Waals surface area contributed by atoms with Gasteiger partial charge < -0.3 is 10.5 Å². The fraction of sp³-hybridized carbons (Fsp3) is 0.727. The van der Waals surface area contributed by atoms with Crippen molar-refractivity contribution in [1.29, 1.82) is 0 Å². The number of nitrogens with two attached hydrogens (primary N) is 1. The Morgan fingerprint density at radius 3 is 2.53 bits per heavy atom. The number of carbonyl (C=O) groups is 1. The van der Waals surface area contributed by atoms with Crippen LogP contribution in [0.1, 0.15) is 26.7 Å². The largest absolute Gasteiger partial charge is 0.461 e. The average molecular weight is 236 g/mol. The van der Waals surface area contributed by atoms with E-state index in [1.165, 1.54) is 0 Å². The van der Waals surface area contributed by atoms with Crippen molar-refractivity contribution in [3.63, 3.8) is 0 Å². The third kappa shape index (κ3) is 9.76. The minimum Gasteiger partial charge on any atom is -0.461 e. The van der Waals surface area contributed by atoms with Gasteiger partial charge in [-0.15, -0.1) is 12.4 Å². The zero-order valence-electron chi connectivity index (χ0n) is 9.57. The predicted octanol–water partition coefficient (Wildman–Crippen LogP) is 2.15. The maximum atomic E-state index is 11.2. The van der Waals surface area contributed by atoms with Gasteiger partial charge >= 0.3 is 5.97 Å². The Labute approximate surface area is 98.5 Å². The Bertz CT molecular complexity index is 183. The van der Waals surface area contributed by atoms with Crippen LogP contribution < -0.4 is 5.73 Å². The molecule has 0 aromatic rings. The molecule has 0 fully saturated rings. The van der Waals surface area contributed by atoms with E-state index < -0.39 is 0 Å². The first-order valence-corrected chi connectivity index (χ1v) is 5.06. The van der Waals surface area contributed by atoms with E-state index in [0.717, 1.165) is 6.42 Å². The van der Waals surface area contributed by atoms with Crippen LogP contribution in [0.25, 0.3) is 0 Å².